The van der Waals surface area contributed by atoms with Crippen LogP contribution in [0.15, 0.2) is 35.6 Å². The number of pyridine rings is 1. The number of rotatable bonds is 5. The van der Waals surface area contributed by atoms with Crippen molar-refractivity contribution in [3.05, 3.63) is 47.3 Å². The van der Waals surface area contributed by atoms with Gasteiger partial charge in [0.2, 0.25) is 0 Å². The average molecular weight is 329 g/mol. The largest absolute Gasteiger partial charge is 0.497 e. The van der Waals surface area contributed by atoms with Crippen LogP contribution in [0, 0.1) is 13.8 Å². The maximum atomic E-state index is 12.5. The lowest BCUT2D eigenvalue weighted by molar-refractivity contribution is 0.415. The number of hydrogen-bond donors (Lipinski definition) is 1. The van der Waals surface area contributed by atoms with E-state index in [4.69, 9.17) is 4.74 Å². The Kier molecular flexibility index (Phi) is 4.43. The Bertz CT molecular complexity index is 873. The number of hydrogen-bond acceptors (Lipinski definition) is 4. The summed E-state index contributed by atoms with van der Waals surface area (Å²) in [6.07, 6.45) is 2.51. The zero-order chi connectivity index (χ0) is 16.4. The third-order valence-electron chi connectivity index (χ3n) is 3.73. The maximum absolute atomic E-state index is 12.5. The van der Waals surface area contributed by atoms with Gasteiger partial charge in [-0.1, -0.05) is 6.07 Å². The Hall–Kier alpha value is -2.21. The minimum atomic E-state index is -1.19. The molecule has 2 aromatic heterocycles. The van der Waals surface area contributed by atoms with E-state index in [0.717, 1.165) is 33.6 Å². The second-order valence-corrected chi connectivity index (χ2v) is 6.99. The van der Waals surface area contributed by atoms with E-state index >= 15 is 0 Å². The highest BCUT2D eigenvalue weighted by Gasteiger charge is 2.12. The number of imidazole rings is 1. The highest BCUT2D eigenvalue weighted by molar-refractivity contribution is 7.84. The van der Waals surface area contributed by atoms with E-state index in [1.165, 1.54) is 0 Å². The molecule has 1 unspecified atom stereocenters. The van der Waals surface area contributed by atoms with Crippen molar-refractivity contribution in [1.82, 2.24) is 15.0 Å². The molecule has 6 heteroatoms. The molecule has 0 amide bonds. The van der Waals surface area contributed by atoms with Gasteiger partial charge in [-0.2, -0.15) is 0 Å². The average Bonchev–Trinajstić information content (AvgIpc) is 2.96. The molecule has 3 aromatic rings. The smallest absolute Gasteiger partial charge is 0.197 e. The van der Waals surface area contributed by atoms with Crippen LogP contribution in [0.25, 0.3) is 11.0 Å². The number of aromatic amines is 1. The summed E-state index contributed by atoms with van der Waals surface area (Å²) in [5.41, 5.74) is 4.88. The predicted octanol–water partition coefficient (Wildman–Crippen LogP) is 2.93. The van der Waals surface area contributed by atoms with Crippen LogP contribution in [-0.2, 0) is 17.2 Å². The van der Waals surface area contributed by atoms with Crippen LogP contribution >= 0.6 is 0 Å². The van der Waals surface area contributed by atoms with E-state index in [1.807, 2.05) is 38.2 Å². The molecule has 2 heterocycles. The van der Waals surface area contributed by atoms with Crippen LogP contribution in [0.5, 0.6) is 5.75 Å². The maximum Gasteiger partial charge on any atom is 0.197 e. The number of nitrogens with one attached hydrogen (secondary N) is 1. The molecule has 0 saturated carbocycles. The van der Waals surface area contributed by atoms with E-state index < -0.39 is 10.8 Å². The third kappa shape index (κ3) is 3.42. The van der Waals surface area contributed by atoms with Gasteiger partial charge in [0.15, 0.2) is 5.16 Å². The molecule has 0 fully saturated rings. The summed E-state index contributed by atoms with van der Waals surface area (Å²) in [7, 11) is 0.432. The van der Waals surface area contributed by atoms with Crippen LogP contribution in [0.1, 0.15) is 16.8 Å². The molecule has 0 aliphatic rings. The number of nitrogens with zero attached hydrogens (tertiary/aromatic N) is 2. The van der Waals surface area contributed by atoms with E-state index in [-0.39, 0.29) is 0 Å². The highest BCUT2D eigenvalue weighted by atomic mass is 32.2. The van der Waals surface area contributed by atoms with Gasteiger partial charge < -0.3 is 9.72 Å². The minimum absolute atomic E-state index is 0.494. The summed E-state index contributed by atoms with van der Waals surface area (Å²) in [6, 6.07) is 7.65. The van der Waals surface area contributed by atoms with Crippen LogP contribution in [0.3, 0.4) is 0 Å². The van der Waals surface area contributed by atoms with Crippen LogP contribution < -0.4 is 4.74 Å². The van der Waals surface area contributed by atoms with Gasteiger partial charge in [-0.3, -0.25) is 9.19 Å². The molecule has 0 saturated heterocycles. The Morgan fingerprint density at radius 3 is 2.83 bits per heavy atom. The molecule has 120 valence electrons. The van der Waals surface area contributed by atoms with Gasteiger partial charge >= 0.3 is 0 Å². The van der Waals surface area contributed by atoms with Crippen LogP contribution in [-0.4, -0.2) is 32.0 Å². The Morgan fingerprint density at radius 2 is 2.09 bits per heavy atom. The predicted molar refractivity (Wildman–Crippen MR) is 91.3 cm³/mol. The number of H-pyrrole nitrogens is 1. The van der Waals surface area contributed by atoms with Crippen molar-refractivity contribution < 1.29 is 8.95 Å². The molecular formula is C17H19N3O2S. The number of methoxy groups -OCH3 is 1. The van der Waals surface area contributed by atoms with Crippen molar-refractivity contribution in [2.45, 2.75) is 25.4 Å². The van der Waals surface area contributed by atoms with Crippen molar-refractivity contribution in [3.63, 3.8) is 0 Å². The SMILES string of the molecule is COc1ccc2nc(S(=O)CCc3ncc(C)cc3C)[nH]c2c1. The lowest BCUT2D eigenvalue weighted by Crippen LogP contribution is -2.06. The molecule has 1 N–H and O–H groups in total. The standard InChI is InChI=1S/C17H19N3O2S/c1-11-8-12(2)14(18-10-11)6-7-23(21)17-19-15-5-4-13(22-3)9-16(15)20-17/h4-5,8-10H,6-7H2,1-3H3,(H,19,20). The number of fused-ring (bicyclic) bond motifs is 1. The monoisotopic (exact) mass is 329 g/mol. The topological polar surface area (TPSA) is 67.9 Å². The normalized spacial score (nSPS) is 12.5. The lowest BCUT2D eigenvalue weighted by Gasteiger charge is -2.04. The summed E-state index contributed by atoms with van der Waals surface area (Å²) in [5, 5.41) is 0.498. The lowest BCUT2D eigenvalue weighted by atomic mass is 10.1. The van der Waals surface area contributed by atoms with Gasteiger partial charge in [-0.25, -0.2) is 4.98 Å². The molecular weight excluding hydrogens is 310 g/mol. The number of aromatic nitrogens is 3. The number of ether oxygens (including phenoxy) is 1. The highest BCUT2D eigenvalue weighted by Crippen LogP contribution is 2.20. The summed E-state index contributed by atoms with van der Waals surface area (Å²) in [6.45, 7) is 4.05. The third-order valence-corrected chi connectivity index (χ3v) is 4.93. The molecule has 1 atom stereocenters. The first kappa shape index (κ1) is 15.7. The second-order valence-electron chi connectivity index (χ2n) is 5.50. The fourth-order valence-electron chi connectivity index (χ4n) is 2.49. The minimum Gasteiger partial charge on any atom is -0.497 e. The quantitative estimate of drug-likeness (QED) is 0.781. The molecule has 23 heavy (non-hydrogen) atoms. The van der Waals surface area contributed by atoms with Gasteiger partial charge in [0.1, 0.15) is 5.75 Å². The van der Waals surface area contributed by atoms with E-state index in [1.54, 1.807) is 7.11 Å². The van der Waals surface area contributed by atoms with Gasteiger partial charge in [0.05, 0.1) is 28.9 Å². The Morgan fingerprint density at radius 1 is 1.26 bits per heavy atom. The summed E-state index contributed by atoms with van der Waals surface area (Å²) in [4.78, 5) is 12.0. The summed E-state index contributed by atoms with van der Waals surface area (Å²) < 4.78 is 17.7. The molecule has 0 spiro atoms. The van der Waals surface area contributed by atoms with Crippen molar-refractivity contribution in [1.29, 1.82) is 0 Å². The van der Waals surface area contributed by atoms with Gasteiger partial charge in [-0.05, 0) is 37.1 Å². The zero-order valence-corrected chi connectivity index (χ0v) is 14.2. The Balaban J connectivity index is 1.75. The van der Waals surface area contributed by atoms with Crippen molar-refractivity contribution >= 4 is 21.8 Å². The van der Waals surface area contributed by atoms with Crippen LogP contribution in [0.4, 0.5) is 0 Å². The fourth-order valence-corrected chi connectivity index (χ4v) is 3.49. The molecule has 0 aliphatic heterocycles. The van der Waals surface area contributed by atoms with Crippen molar-refractivity contribution in [2.24, 2.45) is 0 Å². The van der Waals surface area contributed by atoms with E-state index in [2.05, 4.69) is 21.0 Å². The second kappa shape index (κ2) is 6.50. The van der Waals surface area contributed by atoms with Crippen molar-refractivity contribution in [2.75, 3.05) is 12.9 Å². The molecule has 0 bridgehead atoms. The van der Waals surface area contributed by atoms with E-state index in [0.29, 0.717) is 17.3 Å². The van der Waals surface area contributed by atoms with Gasteiger partial charge in [0, 0.05) is 30.1 Å². The fraction of sp³-hybridized carbons (Fsp3) is 0.294. The molecule has 0 aliphatic carbocycles. The first-order valence-corrected chi connectivity index (χ1v) is 8.73. The molecule has 1 aromatic carbocycles. The molecule has 0 radical (unpaired) electrons. The first-order chi connectivity index (χ1) is 11.1. The summed E-state index contributed by atoms with van der Waals surface area (Å²) in [5.74, 6) is 1.24. The van der Waals surface area contributed by atoms with Crippen LogP contribution in [0.2, 0.25) is 0 Å². The number of aryl methyl sites for hydroxylation is 3. The van der Waals surface area contributed by atoms with Gasteiger partial charge in [-0.15, -0.1) is 0 Å². The van der Waals surface area contributed by atoms with Crippen molar-refractivity contribution in [3.8, 4) is 5.75 Å². The van der Waals surface area contributed by atoms with E-state index in [9.17, 15) is 4.21 Å². The number of benzene rings is 1. The first-order valence-electron chi connectivity index (χ1n) is 7.41. The summed E-state index contributed by atoms with van der Waals surface area (Å²) >= 11 is 0. The van der Waals surface area contributed by atoms with Gasteiger partial charge in [0.25, 0.3) is 0 Å². The Labute approximate surface area is 137 Å². The molecule has 5 nitrogen and oxygen atoms in total. The zero-order valence-electron chi connectivity index (χ0n) is 13.4. The molecule has 3 rings (SSSR count).